The molecule has 0 radical (unpaired) electrons. The van der Waals surface area contributed by atoms with E-state index in [0.717, 1.165) is 6.07 Å². The van der Waals surface area contributed by atoms with Crippen LogP contribution in [0.4, 0.5) is 17.6 Å². The van der Waals surface area contributed by atoms with Crippen LogP contribution in [0.3, 0.4) is 0 Å². The number of nitrogens with one attached hydrogen (secondary N) is 1. The summed E-state index contributed by atoms with van der Waals surface area (Å²) in [6.45, 7) is 0. The van der Waals surface area contributed by atoms with Crippen molar-refractivity contribution in [1.29, 1.82) is 0 Å². The molecule has 0 saturated heterocycles. The Morgan fingerprint density at radius 2 is 1.67 bits per heavy atom. The molecule has 1 N–H and O–H groups in total. The Morgan fingerprint density at radius 1 is 1.00 bits per heavy atom. The van der Waals surface area contributed by atoms with Crippen molar-refractivity contribution in [3.05, 3.63) is 69.8 Å². The van der Waals surface area contributed by atoms with Gasteiger partial charge in [-0.3, -0.25) is 0 Å². The minimum atomic E-state index is -1.51. The van der Waals surface area contributed by atoms with E-state index in [2.05, 4.69) is 5.32 Å². The van der Waals surface area contributed by atoms with Gasteiger partial charge in [-0.1, -0.05) is 23.7 Å². The van der Waals surface area contributed by atoms with Gasteiger partial charge in [0.05, 0.1) is 5.02 Å². The maximum atomic E-state index is 13.8. The quantitative estimate of drug-likeness (QED) is 0.651. The molecule has 0 aliphatic rings. The number of benzene rings is 2. The number of likely N-dealkylation sites (N-methyl/N-ethyl adjacent to an activating group) is 1. The van der Waals surface area contributed by atoms with Gasteiger partial charge >= 0.3 is 0 Å². The standard InChI is InChI=1S/C15H12ClF4N/c1-21-13(7-8-2-4-11(17)10(16)6-8)9-3-5-12(18)15(20)14(9)19/h2-6,13,21H,7H2,1H3. The first kappa shape index (κ1) is 15.8. The number of hydrogen-bond donors (Lipinski definition) is 1. The van der Waals surface area contributed by atoms with E-state index in [9.17, 15) is 17.6 Å². The van der Waals surface area contributed by atoms with Gasteiger partial charge in [0.15, 0.2) is 17.5 Å². The largest absolute Gasteiger partial charge is 0.313 e. The molecule has 21 heavy (non-hydrogen) atoms. The predicted molar refractivity (Wildman–Crippen MR) is 73.2 cm³/mol. The molecule has 0 aliphatic heterocycles. The molecule has 0 heterocycles. The summed E-state index contributed by atoms with van der Waals surface area (Å²) in [5.74, 6) is -4.54. The van der Waals surface area contributed by atoms with Crippen molar-refractivity contribution >= 4 is 11.6 Å². The molecule has 0 saturated carbocycles. The highest BCUT2D eigenvalue weighted by Crippen LogP contribution is 2.25. The summed E-state index contributed by atoms with van der Waals surface area (Å²) in [6.07, 6.45) is 0.249. The zero-order valence-electron chi connectivity index (χ0n) is 11.1. The van der Waals surface area contributed by atoms with Crippen molar-refractivity contribution in [2.45, 2.75) is 12.5 Å². The Kier molecular flexibility index (Phi) is 4.85. The summed E-state index contributed by atoms with van der Waals surface area (Å²) in [7, 11) is 1.57. The minimum Gasteiger partial charge on any atom is -0.313 e. The molecule has 1 atom stereocenters. The topological polar surface area (TPSA) is 12.0 Å². The van der Waals surface area contributed by atoms with Crippen LogP contribution in [0.15, 0.2) is 30.3 Å². The molecule has 0 aliphatic carbocycles. The van der Waals surface area contributed by atoms with Crippen LogP contribution in [0.2, 0.25) is 5.02 Å². The van der Waals surface area contributed by atoms with Crippen molar-refractivity contribution < 1.29 is 17.6 Å². The first-order valence-electron chi connectivity index (χ1n) is 6.18. The second-order valence-corrected chi connectivity index (χ2v) is 4.97. The highest BCUT2D eigenvalue weighted by molar-refractivity contribution is 6.30. The van der Waals surface area contributed by atoms with E-state index < -0.39 is 29.3 Å². The lowest BCUT2D eigenvalue weighted by Gasteiger charge is -2.18. The first-order valence-corrected chi connectivity index (χ1v) is 6.56. The fourth-order valence-corrected chi connectivity index (χ4v) is 2.28. The lowest BCUT2D eigenvalue weighted by atomic mass is 9.98. The Labute approximate surface area is 124 Å². The third kappa shape index (κ3) is 3.36. The van der Waals surface area contributed by atoms with Crippen molar-refractivity contribution in [2.75, 3.05) is 7.05 Å². The molecule has 1 nitrogen and oxygen atoms in total. The van der Waals surface area contributed by atoms with Crippen molar-refractivity contribution in [1.82, 2.24) is 5.32 Å². The van der Waals surface area contributed by atoms with Gasteiger partial charge in [0.1, 0.15) is 5.82 Å². The van der Waals surface area contributed by atoms with Crippen LogP contribution in [0.1, 0.15) is 17.2 Å². The Morgan fingerprint density at radius 3 is 2.29 bits per heavy atom. The van der Waals surface area contributed by atoms with Crippen molar-refractivity contribution in [3.63, 3.8) is 0 Å². The van der Waals surface area contributed by atoms with Crippen LogP contribution in [0, 0.1) is 23.3 Å². The van der Waals surface area contributed by atoms with E-state index in [1.165, 1.54) is 24.3 Å². The summed E-state index contributed by atoms with van der Waals surface area (Å²) in [5, 5.41) is 2.77. The van der Waals surface area contributed by atoms with Gasteiger partial charge in [0.2, 0.25) is 0 Å². The maximum absolute atomic E-state index is 13.8. The van der Waals surface area contributed by atoms with E-state index in [0.29, 0.717) is 5.56 Å². The van der Waals surface area contributed by atoms with E-state index in [4.69, 9.17) is 11.6 Å². The monoisotopic (exact) mass is 317 g/mol. The van der Waals surface area contributed by atoms with E-state index >= 15 is 0 Å². The Balaban J connectivity index is 2.32. The normalized spacial score (nSPS) is 12.5. The summed E-state index contributed by atoms with van der Waals surface area (Å²) in [4.78, 5) is 0. The van der Waals surface area contributed by atoms with Gasteiger partial charge < -0.3 is 5.32 Å². The van der Waals surface area contributed by atoms with Crippen LogP contribution in [0.5, 0.6) is 0 Å². The molecule has 1 unspecified atom stereocenters. The van der Waals surface area contributed by atoms with Gasteiger partial charge in [-0.25, -0.2) is 17.6 Å². The zero-order chi connectivity index (χ0) is 15.6. The van der Waals surface area contributed by atoms with Crippen molar-refractivity contribution in [3.8, 4) is 0 Å². The number of halogens is 5. The van der Waals surface area contributed by atoms with Crippen LogP contribution in [-0.2, 0) is 6.42 Å². The van der Waals surface area contributed by atoms with Crippen molar-refractivity contribution in [2.24, 2.45) is 0 Å². The second-order valence-electron chi connectivity index (χ2n) is 4.56. The molecule has 0 amide bonds. The molecule has 2 rings (SSSR count). The van der Waals surface area contributed by atoms with Gasteiger partial charge in [0, 0.05) is 11.6 Å². The van der Waals surface area contributed by atoms with Crippen LogP contribution >= 0.6 is 11.6 Å². The summed E-state index contributed by atoms with van der Waals surface area (Å²) in [5.41, 5.74) is 0.640. The fourth-order valence-electron chi connectivity index (χ4n) is 2.08. The van der Waals surface area contributed by atoms with E-state index in [-0.39, 0.29) is 17.0 Å². The zero-order valence-corrected chi connectivity index (χ0v) is 11.8. The predicted octanol–water partition coefficient (Wildman–Crippen LogP) is 4.40. The average Bonchev–Trinajstić information content (AvgIpc) is 2.47. The summed E-state index contributed by atoms with van der Waals surface area (Å²) >= 11 is 5.68. The lowest BCUT2D eigenvalue weighted by Crippen LogP contribution is -2.21. The summed E-state index contributed by atoms with van der Waals surface area (Å²) < 4.78 is 53.2. The minimum absolute atomic E-state index is 0.00292. The highest BCUT2D eigenvalue weighted by Gasteiger charge is 2.20. The fraction of sp³-hybridized carbons (Fsp3) is 0.200. The molecular weight excluding hydrogens is 306 g/mol. The van der Waals surface area contributed by atoms with Gasteiger partial charge in [-0.05, 0) is 37.2 Å². The molecule has 112 valence electrons. The third-order valence-corrected chi connectivity index (χ3v) is 3.50. The number of hydrogen-bond acceptors (Lipinski definition) is 1. The average molecular weight is 318 g/mol. The Hall–Kier alpha value is -1.59. The van der Waals surface area contributed by atoms with E-state index in [1.807, 2.05) is 0 Å². The van der Waals surface area contributed by atoms with Crippen LogP contribution in [0.25, 0.3) is 0 Å². The van der Waals surface area contributed by atoms with Gasteiger partial charge in [-0.2, -0.15) is 0 Å². The number of rotatable bonds is 4. The smallest absolute Gasteiger partial charge is 0.194 e. The molecule has 0 spiro atoms. The third-order valence-electron chi connectivity index (χ3n) is 3.21. The molecular formula is C15H12ClF4N. The van der Waals surface area contributed by atoms with Gasteiger partial charge in [0.25, 0.3) is 0 Å². The van der Waals surface area contributed by atoms with Crippen LogP contribution in [-0.4, -0.2) is 7.05 Å². The molecule has 0 fully saturated rings. The molecule has 0 bridgehead atoms. The van der Waals surface area contributed by atoms with Gasteiger partial charge in [-0.15, -0.1) is 0 Å². The van der Waals surface area contributed by atoms with E-state index in [1.54, 1.807) is 7.05 Å². The first-order chi connectivity index (χ1) is 9.93. The summed E-state index contributed by atoms with van der Waals surface area (Å²) in [6, 6.07) is 5.58. The second kappa shape index (κ2) is 6.45. The molecule has 0 aromatic heterocycles. The Bertz CT molecular complexity index is 660. The highest BCUT2D eigenvalue weighted by atomic mass is 35.5. The molecule has 6 heteroatoms. The van der Waals surface area contributed by atoms with Crippen LogP contribution < -0.4 is 5.32 Å². The molecule has 2 aromatic carbocycles. The molecule has 2 aromatic rings. The lowest BCUT2D eigenvalue weighted by molar-refractivity contribution is 0.428. The SMILES string of the molecule is CNC(Cc1ccc(F)c(Cl)c1)c1ccc(F)c(F)c1F. The maximum Gasteiger partial charge on any atom is 0.194 e.